The van der Waals surface area contributed by atoms with E-state index in [0.29, 0.717) is 84.3 Å². The van der Waals surface area contributed by atoms with E-state index in [0.717, 1.165) is 85.0 Å². The number of nitrogens with zero attached hydrogens (tertiary/aromatic N) is 4. The molecule has 4 aromatic rings. The van der Waals surface area contributed by atoms with Crippen LogP contribution in [0.5, 0.6) is 17.6 Å². The van der Waals surface area contributed by atoms with Crippen LogP contribution in [0, 0.1) is 18.3 Å². The Kier molecular flexibility index (Phi) is 10.5. The monoisotopic (exact) mass is 765 g/mol. The molecule has 0 amide bonds. The molecular weight excluding hydrogens is 718 g/mol. The van der Waals surface area contributed by atoms with Crippen LogP contribution >= 0.6 is 11.6 Å². The fraction of sp³-hybridized carbons (Fsp3) is 0.465. The van der Waals surface area contributed by atoms with Gasteiger partial charge in [-0.2, -0.15) is 4.98 Å². The number of methoxy groups -OCH3 is 2. The van der Waals surface area contributed by atoms with Crippen molar-refractivity contribution in [3.63, 3.8) is 0 Å². The molecule has 12 heteroatoms. The molecule has 3 aliphatic carbocycles. The molecular formula is C43H48ClN5O6. The van der Waals surface area contributed by atoms with Crippen molar-refractivity contribution in [2.75, 3.05) is 27.3 Å². The number of Topliss-reactive ketones (excluding diaryl/α,β-unsaturated/α-hetero) is 1. The lowest BCUT2D eigenvalue weighted by atomic mass is 9.67. The van der Waals surface area contributed by atoms with E-state index in [9.17, 15) is 14.7 Å². The average molecular weight is 766 g/mol. The third-order valence-corrected chi connectivity index (χ3v) is 12.7. The molecule has 2 N–H and O–H groups in total. The van der Waals surface area contributed by atoms with Crippen LogP contribution in [0.25, 0.3) is 22.4 Å². The Morgan fingerprint density at radius 3 is 2.44 bits per heavy atom. The second-order valence-corrected chi connectivity index (χ2v) is 16.0. The average Bonchev–Trinajstić information content (AvgIpc) is 3.81. The number of halogens is 1. The highest BCUT2D eigenvalue weighted by Crippen LogP contribution is 2.47. The number of rotatable bonds is 13. The van der Waals surface area contributed by atoms with E-state index in [1.807, 2.05) is 43.3 Å². The van der Waals surface area contributed by atoms with Crippen LogP contribution in [0.2, 0.25) is 5.02 Å². The first-order valence-corrected chi connectivity index (χ1v) is 19.8. The van der Waals surface area contributed by atoms with Gasteiger partial charge in [0.25, 0.3) is 0 Å². The van der Waals surface area contributed by atoms with Crippen molar-refractivity contribution in [1.82, 2.24) is 25.2 Å². The number of carbonyl (C=O) groups is 2. The molecule has 4 fully saturated rings. The number of ketones is 1. The zero-order chi connectivity index (χ0) is 38.3. The van der Waals surface area contributed by atoms with Gasteiger partial charge >= 0.3 is 5.97 Å². The van der Waals surface area contributed by atoms with Crippen LogP contribution < -0.4 is 19.5 Å². The van der Waals surface area contributed by atoms with E-state index in [1.54, 1.807) is 14.2 Å². The highest BCUT2D eigenvalue weighted by molar-refractivity contribution is 6.36. The van der Waals surface area contributed by atoms with E-state index in [1.165, 1.54) is 5.56 Å². The first-order valence-electron chi connectivity index (χ1n) is 19.4. The van der Waals surface area contributed by atoms with Gasteiger partial charge in [-0.15, -0.1) is 0 Å². The molecule has 2 aromatic carbocycles. The van der Waals surface area contributed by atoms with Crippen LogP contribution in [0.1, 0.15) is 85.5 Å². The number of carboxylic acid groups (broad SMARTS) is 1. The summed E-state index contributed by atoms with van der Waals surface area (Å²) in [6, 6.07) is 16.6. The van der Waals surface area contributed by atoms with Gasteiger partial charge < -0.3 is 24.6 Å². The molecule has 0 radical (unpaired) electrons. The summed E-state index contributed by atoms with van der Waals surface area (Å²) in [5, 5.41) is 14.1. The number of fused-ring (bicyclic) bond motifs is 4. The normalized spacial score (nSPS) is 23.2. The minimum atomic E-state index is -0.703. The number of aromatic nitrogens is 3. The smallest absolute Gasteiger partial charge is 0.310 e. The standard InChI is InChI=1S/C43H48ClN5O6/c1-25-39(48-41(54-3)36(46-25)23-49-24-43(42(51)52)18-16-28(49)17-19-43)55-37-15-13-31-30(6-4-7-32(31)37)33-8-5-9-34(38(33)44)35-14-11-27(40(47-35)53-2)22-45-21-26-10-12-29(50)20-26/h4-9,11,14,26,28,37,45H,10,12-13,15-24H2,1-3H3,(H,51,52)/t26-,28?,37+,43?/m1/s1. The van der Waals surface area contributed by atoms with E-state index in [2.05, 4.69) is 22.3 Å². The molecule has 0 spiro atoms. The van der Waals surface area contributed by atoms with Gasteiger partial charge in [0.05, 0.1) is 36.0 Å². The third-order valence-electron chi connectivity index (χ3n) is 12.3. The Morgan fingerprint density at radius 2 is 1.69 bits per heavy atom. The Hall–Kier alpha value is -4.58. The molecule has 2 atom stereocenters. The van der Waals surface area contributed by atoms with Crippen LogP contribution in [-0.4, -0.2) is 70.1 Å². The second kappa shape index (κ2) is 15.5. The number of aliphatic carboxylic acids is 1. The molecule has 2 saturated heterocycles. The molecule has 2 bridgehead atoms. The van der Waals surface area contributed by atoms with Crippen molar-refractivity contribution in [3.05, 3.63) is 81.6 Å². The number of benzene rings is 2. The molecule has 2 aliphatic heterocycles. The Balaban J connectivity index is 0.994. The number of aryl methyl sites for hydroxylation is 1. The number of nitrogens with one attached hydrogen (secondary N) is 1. The SMILES string of the molecule is COc1nc(-c2cccc(-c3cccc4c3CC[C@@H]4Oc3nc(OC)c(CN4CC5(C(=O)O)CCC4CC5)nc3C)c2Cl)ccc1CNC[C@@H]1CCC(=O)C1. The number of carboxylic acids is 1. The summed E-state index contributed by atoms with van der Waals surface area (Å²) >= 11 is 7.22. The second-order valence-electron chi connectivity index (χ2n) is 15.6. The number of ether oxygens (including phenoxy) is 3. The van der Waals surface area contributed by atoms with Gasteiger partial charge in [0, 0.05) is 55.2 Å². The predicted molar refractivity (Wildman–Crippen MR) is 208 cm³/mol. The summed E-state index contributed by atoms with van der Waals surface area (Å²) in [5.41, 5.74) is 7.43. The Labute approximate surface area is 326 Å². The number of piperidine rings is 2. The van der Waals surface area contributed by atoms with Crippen LogP contribution in [0.15, 0.2) is 48.5 Å². The van der Waals surface area contributed by atoms with Crippen LogP contribution in [0.3, 0.4) is 0 Å². The first-order chi connectivity index (χ1) is 26.7. The Bertz CT molecular complexity index is 2120. The topological polar surface area (TPSA) is 136 Å². The minimum Gasteiger partial charge on any atom is -0.481 e. The lowest BCUT2D eigenvalue weighted by Gasteiger charge is -2.50. The van der Waals surface area contributed by atoms with Gasteiger partial charge in [0.2, 0.25) is 17.6 Å². The van der Waals surface area contributed by atoms with Crippen molar-refractivity contribution < 1.29 is 28.9 Å². The fourth-order valence-electron chi connectivity index (χ4n) is 9.24. The fourth-order valence-corrected chi connectivity index (χ4v) is 9.56. The maximum atomic E-state index is 12.2. The number of pyridine rings is 1. The maximum absolute atomic E-state index is 12.2. The van der Waals surface area contributed by atoms with Crippen LogP contribution in [-0.2, 0) is 29.1 Å². The Morgan fingerprint density at radius 1 is 0.927 bits per heavy atom. The lowest BCUT2D eigenvalue weighted by molar-refractivity contribution is -0.160. The van der Waals surface area contributed by atoms with Crippen molar-refractivity contribution in [1.29, 1.82) is 0 Å². The zero-order valence-electron chi connectivity index (χ0n) is 31.7. The van der Waals surface area contributed by atoms with Gasteiger partial charge in [-0.1, -0.05) is 54.1 Å². The predicted octanol–water partition coefficient (Wildman–Crippen LogP) is 7.54. The number of hydrogen-bond acceptors (Lipinski definition) is 10. The molecule has 288 valence electrons. The first kappa shape index (κ1) is 37.3. The van der Waals surface area contributed by atoms with Crippen LogP contribution in [0.4, 0.5) is 0 Å². The van der Waals surface area contributed by atoms with E-state index in [4.69, 9.17) is 40.8 Å². The summed E-state index contributed by atoms with van der Waals surface area (Å²) in [6.07, 6.45) is 6.86. The molecule has 0 unspecified atom stereocenters. The summed E-state index contributed by atoms with van der Waals surface area (Å²) in [5.74, 6) is 1.42. The molecule has 4 heterocycles. The minimum absolute atomic E-state index is 0.227. The van der Waals surface area contributed by atoms with E-state index in [-0.39, 0.29) is 6.10 Å². The zero-order valence-corrected chi connectivity index (χ0v) is 32.5. The number of carbonyl (C=O) groups excluding carboxylic acids is 1. The van der Waals surface area contributed by atoms with Gasteiger partial charge in [-0.3, -0.25) is 14.5 Å². The quantitative estimate of drug-likeness (QED) is 0.140. The largest absolute Gasteiger partial charge is 0.481 e. The molecule has 2 aromatic heterocycles. The highest BCUT2D eigenvalue weighted by Gasteiger charge is 2.49. The van der Waals surface area contributed by atoms with E-state index < -0.39 is 11.4 Å². The molecule has 5 aliphatic rings. The maximum Gasteiger partial charge on any atom is 0.310 e. The van der Waals surface area contributed by atoms with Crippen molar-refractivity contribution in [2.45, 2.75) is 89.9 Å². The molecule has 55 heavy (non-hydrogen) atoms. The van der Waals surface area contributed by atoms with Crippen molar-refractivity contribution in [2.24, 2.45) is 11.3 Å². The molecule has 2 saturated carbocycles. The summed E-state index contributed by atoms with van der Waals surface area (Å²) in [6.45, 7) is 4.30. The highest BCUT2D eigenvalue weighted by atomic mass is 35.5. The van der Waals surface area contributed by atoms with Crippen molar-refractivity contribution >= 4 is 23.4 Å². The van der Waals surface area contributed by atoms with Gasteiger partial charge in [0.15, 0.2) is 0 Å². The molecule has 9 rings (SSSR count). The lowest BCUT2D eigenvalue weighted by Crippen LogP contribution is -2.56. The van der Waals surface area contributed by atoms with Gasteiger partial charge in [-0.25, -0.2) is 9.97 Å². The number of hydrogen-bond donors (Lipinski definition) is 2. The summed E-state index contributed by atoms with van der Waals surface area (Å²) in [4.78, 5) is 40.6. The summed E-state index contributed by atoms with van der Waals surface area (Å²) < 4.78 is 18.0. The van der Waals surface area contributed by atoms with Gasteiger partial charge in [-0.05, 0) is 87.1 Å². The summed E-state index contributed by atoms with van der Waals surface area (Å²) in [7, 11) is 3.21. The molecule has 11 nitrogen and oxygen atoms in total. The van der Waals surface area contributed by atoms with Crippen molar-refractivity contribution in [3.8, 4) is 40.0 Å². The van der Waals surface area contributed by atoms with E-state index >= 15 is 0 Å². The van der Waals surface area contributed by atoms with Gasteiger partial charge in [0.1, 0.15) is 17.6 Å². The third kappa shape index (κ3) is 7.30.